The van der Waals surface area contributed by atoms with Crippen molar-refractivity contribution in [3.63, 3.8) is 0 Å². The fourth-order valence-electron chi connectivity index (χ4n) is 0. The third-order valence-electron chi connectivity index (χ3n) is 0. The van der Waals surface area contributed by atoms with Crippen LogP contribution in [0.5, 0.6) is 0 Å². The standard InChI is InChI=1S/Al.Ca.O.Ru.5H. The molecular formula is H5AlCaORu. The first-order valence-electron chi connectivity index (χ1n) is 0.144. The van der Waals surface area contributed by atoms with Crippen LogP contribution in [0.4, 0.5) is 0 Å². The topological polar surface area (TPSA) is 17.1 Å². The molecule has 0 aliphatic rings. The van der Waals surface area contributed by atoms with Gasteiger partial charge in [0.1, 0.15) is 0 Å². The van der Waals surface area contributed by atoms with Crippen LogP contribution < -0.4 is 0 Å². The molecule has 0 saturated carbocycles. The Bertz CT molecular complexity index is 8.00. The molecule has 4 heteroatoms. The first-order chi connectivity index (χ1) is 1.00. The summed E-state index contributed by atoms with van der Waals surface area (Å²) in [6, 6.07) is 0. The average molecular weight is 189 g/mol. The summed E-state index contributed by atoms with van der Waals surface area (Å²) in [5, 5.41) is 0. The zero-order valence-electron chi connectivity index (χ0n) is 0.762. The van der Waals surface area contributed by atoms with Gasteiger partial charge in [0.25, 0.3) is 0 Å². The van der Waals surface area contributed by atoms with Gasteiger partial charge < -0.3 is 0 Å². The normalized spacial score (nSPS) is 1.25. The monoisotopic (exact) mass is 190 g/mol. The SMILES string of the molecule is [AlH3].[CaH2].[O]=[Ru]. The number of hydrogen-bond acceptors (Lipinski definition) is 1. The van der Waals surface area contributed by atoms with E-state index in [1.807, 2.05) is 0 Å². The summed E-state index contributed by atoms with van der Waals surface area (Å²) in [5.41, 5.74) is 0. The van der Waals surface area contributed by atoms with Gasteiger partial charge in [-0.25, -0.2) is 0 Å². The Morgan fingerprint density at radius 2 is 1.25 bits per heavy atom. The van der Waals surface area contributed by atoms with Gasteiger partial charge in [0.05, 0.1) is 0 Å². The van der Waals surface area contributed by atoms with Gasteiger partial charge in [-0.3, -0.25) is 0 Å². The summed E-state index contributed by atoms with van der Waals surface area (Å²) >= 11 is 1.10. The molecule has 0 radical (unpaired) electrons. The van der Waals surface area contributed by atoms with E-state index in [9.17, 15) is 0 Å². The van der Waals surface area contributed by atoms with E-state index in [4.69, 9.17) is 3.57 Å². The van der Waals surface area contributed by atoms with Crippen LogP contribution in [-0.4, -0.2) is 55.1 Å². The van der Waals surface area contributed by atoms with Crippen LogP contribution in [0.3, 0.4) is 0 Å². The Labute approximate surface area is 75.6 Å². The van der Waals surface area contributed by atoms with Crippen LogP contribution in [-0.2, 0) is 21.8 Å². The molecule has 0 bridgehead atoms. The summed E-state index contributed by atoms with van der Waals surface area (Å²) in [7, 11) is 0. The molecule has 0 unspecified atom stereocenters. The molecule has 0 aromatic heterocycles. The first kappa shape index (κ1) is 16.4. The predicted octanol–water partition coefficient (Wildman–Crippen LogP) is -2.22. The van der Waals surface area contributed by atoms with Gasteiger partial charge in [-0.05, 0) is 0 Å². The van der Waals surface area contributed by atoms with Gasteiger partial charge in [-0.1, -0.05) is 0 Å². The Balaban J connectivity index is -0.00000000500. The predicted molar refractivity (Wildman–Crippen MR) is 19.2 cm³/mol. The molecular weight excluding hydrogens is 184 g/mol. The van der Waals surface area contributed by atoms with Crippen molar-refractivity contribution < 1.29 is 21.8 Å². The number of hydrogen-bond donors (Lipinski definition) is 0. The van der Waals surface area contributed by atoms with Crippen LogP contribution in [0.2, 0.25) is 0 Å². The summed E-state index contributed by atoms with van der Waals surface area (Å²) < 4.78 is 8.18. The second-order valence-corrected chi connectivity index (χ2v) is 0. The molecule has 24 valence electrons. The molecule has 0 saturated heterocycles. The van der Waals surface area contributed by atoms with E-state index in [1.54, 1.807) is 0 Å². The summed E-state index contributed by atoms with van der Waals surface area (Å²) in [5.74, 6) is 0. The van der Waals surface area contributed by atoms with E-state index >= 15 is 0 Å². The van der Waals surface area contributed by atoms with Gasteiger partial charge in [0.2, 0.25) is 0 Å². The second kappa shape index (κ2) is 18.9. The van der Waals surface area contributed by atoms with Gasteiger partial charge >= 0.3 is 59.6 Å². The van der Waals surface area contributed by atoms with E-state index < -0.39 is 0 Å². The van der Waals surface area contributed by atoms with Crippen LogP contribution in [0, 0.1) is 0 Å². The molecule has 0 spiro atoms. The molecule has 0 aromatic rings. The summed E-state index contributed by atoms with van der Waals surface area (Å²) in [6.45, 7) is 0. The third-order valence-corrected chi connectivity index (χ3v) is 0. The van der Waals surface area contributed by atoms with Gasteiger partial charge in [-0.2, -0.15) is 0 Å². The maximum absolute atomic E-state index is 8.18. The zero-order valence-corrected chi connectivity index (χ0v) is 2.50. The van der Waals surface area contributed by atoms with Gasteiger partial charge in [0.15, 0.2) is 17.4 Å². The molecule has 0 N–H and O–H groups in total. The Morgan fingerprint density at radius 3 is 1.25 bits per heavy atom. The molecule has 1 nitrogen and oxygen atoms in total. The minimum absolute atomic E-state index is 0. The summed E-state index contributed by atoms with van der Waals surface area (Å²) in [4.78, 5) is 0. The quantitative estimate of drug-likeness (QED) is 0.394. The molecule has 4 heavy (non-hydrogen) atoms. The average Bonchev–Trinajstić information content (AvgIpc) is 1.00. The molecule has 0 aromatic carbocycles. The van der Waals surface area contributed by atoms with E-state index in [0.717, 1.165) is 18.3 Å². The molecule has 0 fully saturated rings. The Kier molecular flexibility index (Phi) is 77.2. The van der Waals surface area contributed by atoms with Crippen molar-refractivity contribution in [1.29, 1.82) is 0 Å². The van der Waals surface area contributed by atoms with Crippen LogP contribution in [0.15, 0.2) is 0 Å². The van der Waals surface area contributed by atoms with Crippen molar-refractivity contribution in [3.8, 4) is 0 Å². The Morgan fingerprint density at radius 1 is 1.25 bits per heavy atom. The van der Waals surface area contributed by atoms with E-state index in [0.29, 0.717) is 0 Å². The van der Waals surface area contributed by atoms with E-state index in [1.165, 1.54) is 0 Å². The van der Waals surface area contributed by atoms with E-state index in [-0.39, 0.29) is 55.1 Å². The minimum atomic E-state index is 0. The van der Waals surface area contributed by atoms with Crippen molar-refractivity contribution in [2.24, 2.45) is 0 Å². The van der Waals surface area contributed by atoms with Gasteiger partial charge in [-0.15, -0.1) is 0 Å². The second-order valence-electron chi connectivity index (χ2n) is 0. The molecule has 0 rings (SSSR count). The molecule has 0 atom stereocenters. The van der Waals surface area contributed by atoms with Gasteiger partial charge in [0, 0.05) is 0 Å². The molecule has 0 aliphatic carbocycles. The van der Waals surface area contributed by atoms with Crippen LogP contribution in [0.25, 0.3) is 0 Å². The van der Waals surface area contributed by atoms with Crippen molar-refractivity contribution in [2.75, 3.05) is 0 Å². The third kappa shape index (κ3) is 8.88. The van der Waals surface area contributed by atoms with Crippen LogP contribution in [0.1, 0.15) is 0 Å². The fourth-order valence-corrected chi connectivity index (χ4v) is 0. The summed E-state index contributed by atoms with van der Waals surface area (Å²) in [6.07, 6.45) is 0. The van der Waals surface area contributed by atoms with Crippen molar-refractivity contribution in [1.82, 2.24) is 0 Å². The first-order valence-corrected chi connectivity index (χ1v) is 0.854. The molecule has 0 amide bonds. The van der Waals surface area contributed by atoms with E-state index in [2.05, 4.69) is 0 Å². The van der Waals surface area contributed by atoms with Crippen molar-refractivity contribution >= 4 is 55.1 Å². The zero-order chi connectivity index (χ0) is 2.00. The number of rotatable bonds is 0. The molecule has 0 aliphatic heterocycles. The maximum atomic E-state index is 8.18. The molecule has 0 heterocycles. The van der Waals surface area contributed by atoms with Crippen molar-refractivity contribution in [2.45, 2.75) is 0 Å². The van der Waals surface area contributed by atoms with Crippen LogP contribution >= 0.6 is 0 Å². The Hall–Kier alpha value is 2.22. The van der Waals surface area contributed by atoms with Crippen molar-refractivity contribution in [3.05, 3.63) is 0 Å². The fraction of sp³-hybridized carbons (Fsp3) is 0.